The lowest BCUT2D eigenvalue weighted by atomic mass is 10.1. The van der Waals surface area contributed by atoms with Gasteiger partial charge in [-0.1, -0.05) is 48.2 Å². The highest BCUT2D eigenvalue weighted by Crippen LogP contribution is 2.22. The van der Waals surface area contributed by atoms with Gasteiger partial charge in [-0.15, -0.1) is 10.2 Å². The first-order valence-electron chi connectivity index (χ1n) is 7.74. The number of aromatic nitrogens is 3. The molecule has 3 aromatic rings. The molecule has 2 aromatic carbocycles. The number of thioether (sulfide) groups is 1. The van der Waals surface area contributed by atoms with Gasteiger partial charge in [0.05, 0.1) is 6.61 Å². The molecule has 1 heterocycles. The molecule has 3 rings (SSSR count). The molecule has 0 aliphatic heterocycles. The molecule has 0 bridgehead atoms. The Morgan fingerprint density at radius 1 is 1.04 bits per heavy atom. The van der Waals surface area contributed by atoms with Crippen LogP contribution in [-0.2, 0) is 0 Å². The molecule has 6 heteroatoms. The number of nitrogens with zero attached hydrogens (tertiary/aromatic N) is 3. The Kier molecular flexibility index (Phi) is 5.05. The molecule has 1 aromatic heterocycles. The summed E-state index contributed by atoms with van der Waals surface area (Å²) >= 11 is 1.53. The molecule has 2 N–H and O–H groups in total. The summed E-state index contributed by atoms with van der Waals surface area (Å²) in [5.74, 6) is 8.39. The lowest BCUT2D eigenvalue weighted by Gasteiger charge is -2.08. The minimum atomic E-state index is 0.584. The van der Waals surface area contributed by atoms with E-state index in [9.17, 15) is 0 Å². The van der Waals surface area contributed by atoms with Gasteiger partial charge in [0.15, 0.2) is 5.82 Å². The summed E-state index contributed by atoms with van der Waals surface area (Å²) in [7, 11) is 0. The van der Waals surface area contributed by atoms with Gasteiger partial charge in [0.2, 0.25) is 5.16 Å². The van der Waals surface area contributed by atoms with Crippen LogP contribution in [0.2, 0.25) is 0 Å². The number of nitrogen functional groups attached to an aromatic ring is 1. The summed E-state index contributed by atoms with van der Waals surface area (Å²) in [5, 5.41) is 9.01. The Labute approximate surface area is 145 Å². The van der Waals surface area contributed by atoms with Crippen molar-refractivity contribution >= 4 is 11.8 Å². The van der Waals surface area contributed by atoms with E-state index in [2.05, 4.69) is 36.2 Å². The SMILES string of the molecule is Cc1ccc(OCCSc2nnc(-c3ccccc3)n2N)cc1C. The third kappa shape index (κ3) is 3.71. The third-order valence-corrected chi connectivity index (χ3v) is 4.67. The molecule has 24 heavy (non-hydrogen) atoms. The van der Waals surface area contributed by atoms with Crippen molar-refractivity contribution in [2.45, 2.75) is 19.0 Å². The van der Waals surface area contributed by atoms with Crippen molar-refractivity contribution in [3.63, 3.8) is 0 Å². The topological polar surface area (TPSA) is 66.0 Å². The predicted molar refractivity (Wildman–Crippen MR) is 97.7 cm³/mol. The first kappa shape index (κ1) is 16.4. The standard InChI is InChI=1S/C18H20N4OS/c1-13-8-9-16(12-14(13)2)23-10-11-24-18-21-20-17(22(18)19)15-6-4-3-5-7-15/h3-9,12H,10-11,19H2,1-2H3. The normalized spacial score (nSPS) is 10.8. The van der Waals surface area contributed by atoms with Crippen molar-refractivity contribution in [1.29, 1.82) is 0 Å². The van der Waals surface area contributed by atoms with Crippen LogP contribution in [0.4, 0.5) is 0 Å². The van der Waals surface area contributed by atoms with Crippen LogP contribution in [0.25, 0.3) is 11.4 Å². The number of ether oxygens (including phenoxy) is 1. The predicted octanol–water partition coefficient (Wildman–Crippen LogP) is 3.45. The van der Waals surface area contributed by atoms with Crippen molar-refractivity contribution in [1.82, 2.24) is 14.9 Å². The van der Waals surface area contributed by atoms with Crippen LogP contribution in [0.3, 0.4) is 0 Å². The Bertz CT molecular complexity index is 817. The van der Waals surface area contributed by atoms with Gasteiger partial charge in [-0.2, -0.15) is 0 Å². The fourth-order valence-electron chi connectivity index (χ4n) is 2.26. The minimum absolute atomic E-state index is 0.584. The number of nitrogens with two attached hydrogens (primary N) is 1. The maximum absolute atomic E-state index is 6.10. The Hall–Kier alpha value is -2.47. The zero-order chi connectivity index (χ0) is 16.9. The van der Waals surface area contributed by atoms with Crippen molar-refractivity contribution in [3.05, 3.63) is 59.7 Å². The summed E-state index contributed by atoms with van der Waals surface area (Å²) in [5.41, 5.74) is 3.45. The molecule has 5 nitrogen and oxygen atoms in total. The van der Waals surface area contributed by atoms with Gasteiger partial charge in [0.25, 0.3) is 0 Å². The maximum atomic E-state index is 6.10. The first-order valence-corrected chi connectivity index (χ1v) is 8.72. The zero-order valence-corrected chi connectivity index (χ0v) is 14.6. The number of rotatable bonds is 6. The summed E-state index contributed by atoms with van der Waals surface area (Å²) in [6, 6.07) is 15.9. The van der Waals surface area contributed by atoms with E-state index in [-0.39, 0.29) is 0 Å². The van der Waals surface area contributed by atoms with Crippen molar-refractivity contribution in [2.75, 3.05) is 18.2 Å². The van der Waals surface area contributed by atoms with E-state index in [1.165, 1.54) is 27.6 Å². The van der Waals surface area contributed by atoms with E-state index >= 15 is 0 Å². The van der Waals surface area contributed by atoms with E-state index in [1.807, 2.05) is 36.4 Å². The molecule has 0 amide bonds. The van der Waals surface area contributed by atoms with Crippen molar-refractivity contribution in [3.8, 4) is 17.1 Å². The molecular weight excluding hydrogens is 320 g/mol. The monoisotopic (exact) mass is 340 g/mol. The van der Waals surface area contributed by atoms with Gasteiger partial charge < -0.3 is 10.6 Å². The average molecular weight is 340 g/mol. The second-order valence-electron chi connectivity index (χ2n) is 5.49. The van der Waals surface area contributed by atoms with Crippen LogP contribution in [0.5, 0.6) is 5.75 Å². The van der Waals surface area contributed by atoms with Gasteiger partial charge in [-0.05, 0) is 37.1 Å². The summed E-state index contributed by atoms with van der Waals surface area (Å²) in [6.45, 7) is 4.76. The van der Waals surface area contributed by atoms with Crippen LogP contribution in [-0.4, -0.2) is 27.2 Å². The second kappa shape index (κ2) is 7.40. The van der Waals surface area contributed by atoms with E-state index in [4.69, 9.17) is 10.6 Å². The Balaban J connectivity index is 1.56. The summed E-state index contributed by atoms with van der Waals surface area (Å²) in [6.07, 6.45) is 0. The highest BCUT2D eigenvalue weighted by Gasteiger charge is 2.11. The summed E-state index contributed by atoms with van der Waals surface area (Å²) in [4.78, 5) is 0. The molecule has 124 valence electrons. The molecule has 0 spiro atoms. The highest BCUT2D eigenvalue weighted by molar-refractivity contribution is 7.99. The fourth-order valence-corrected chi connectivity index (χ4v) is 2.93. The highest BCUT2D eigenvalue weighted by atomic mass is 32.2. The molecular formula is C18H20N4OS. The van der Waals surface area contributed by atoms with Gasteiger partial charge in [-0.25, -0.2) is 4.68 Å². The molecule has 0 unspecified atom stereocenters. The van der Waals surface area contributed by atoms with E-state index in [0.29, 0.717) is 17.6 Å². The molecule has 0 saturated carbocycles. The maximum Gasteiger partial charge on any atom is 0.210 e. The Morgan fingerprint density at radius 2 is 1.83 bits per heavy atom. The second-order valence-corrected chi connectivity index (χ2v) is 6.55. The third-order valence-electron chi connectivity index (χ3n) is 3.76. The van der Waals surface area contributed by atoms with Crippen molar-refractivity contribution < 1.29 is 4.74 Å². The number of benzene rings is 2. The van der Waals surface area contributed by atoms with Gasteiger partial charge in [0, 0.05) is 11.3 Å². The van der Waals surface area contributed by atoms with Gasteiger partial charge >= 0.3 is 0 Å². The number of hydrogen-bond donors (Lipinski definition) is 1. The quantitative estimate of drug-likeness (QED) is 0.423. The molecule has 0 atom stereocenters. The van der Waals surface area contributed by atoms with Crippen LogP contribution in [0.15, 0.2) is 53.7 Å². The summed E-state index contributed by atoms with van der Waals surface area (Å²) < 4.78 is 7.30. The van der Waals surface area contributed by atoms with E-state index < -0.39 is 0 Å². The van der Waals surface area contributed by atoms with Gasteiger partial charge in [-0.3, -0.25) is 0 Å². The van der Waals surface area contributed by atoms with Crippen LogP contribution in [0.1, 0.15) is 11.1 Å². The molecule has 0 saturated heterocycles. The number of hydrogen-bond acceptors (Lipinski definition) is 5. The van der Waals surface area contributed by atoms with Gasteiger partial charge in [0.1, 0.15) is 5.75 Å². The van der Waals surface area contributed by atoms with Crippen LogP contribution in [0, 0.1) is 13.8 Å². The fraction of sp³-hybridized carbons (Fsp3) is 0.222. The molecule has 0 aliphatic carbocycles. The van der Waals surface area contributed by atoms with Crippen LogP contribution < -0.4 is 10.6 Å². The molecule has 0 radical (unpaired) electrons. The smallest absolute Gasteiger partial charge is 0.210 e. The first-order chi connectivity index (χ1) is 11.6. The molecule has 0 fully saturated rings. The molecule has 0 aliphatic rings. The number of aryl methyl sites for hydroxylation is 2. The van der Waals surface area contributed by atoms with Crippen molar-refractivity contribution in [2.24, 2.45) is 0 Å². The lowest BCUT2D eigenvalue weighted by Crippen LogP contribution is -2.12. The minimum Gasteiger partial charge on any atom is -0.493 e. The van der Waals surface area contributed by atoms with Crippen LogP contribution >= 0.6 is 11.8 Å². The van der Waals surface area contributed by atoms with E-state index in [0.717, 1.165) is 17.1 Å². The zero-order valence-electron chi connectivity index (χ0n) is 13.8. The average Bonchev–Trinajstić information content (AvgIpc) is 2.96. The largest absolute Gasteiger partial charge is 0.493 e. The lowest BCUT2D eigenvalue weighted by molar-refractivity contribution is 0.343. The van der Waals surface area contributed by atoms with E-state index in [1.54, 1.807) is 0 Å². The Morgan fingerprint density at radius 3 is 2.58 bits per heavy atom.